The molecule has 5 aromatic rings. The zero-order chi connectivity index (χ0) is 32.5. The maximum atomic E-state index is 14.3. The normalized spacial score (nSPS) is 17.0. The van der Waals surface area contributed by atoms with Gasteiger partial charge in [0.2, 0.25) is 5.88 Å². The van der Waals surface area contributed by atoms with Gasteiger partial charge in [0, 0.05) is 54.2 Å². The van der Waals surface area contributed by atoms with Crippen LogP contribution < -0.4 is 4.74 Å². The van der Waals surface area contributed by atoms with Crippen molar-refractivity contribution in [3.8, 4) is 23.1 Å². The lowest BCUT2D eigenvalue weighted by Gasteiger charge is -2.32. The quantitative estimate of drug-likeness (QED) is 0.178. The number of imidazole rings is 1. The number of carbonyl (C=O) groups excluding carboxylic acids is 1. The van der Waals surface area contributed by atoms with Crippen molar-refractivity contribution < 1.29 is 18.7 Å². The van der Waals surface area contributed by atoms with Gasteiger partial charge in [-0.15, -0.1) is 0 Å². The summed E-state index contributed by atoms with van der Waals surface area (Å²) < 4.78 is 30.0. The van der Waals surface area contributed by atoms with Crippen molar-refractivity contribution in [2.24, 2.45) is 7.05 Å². The molecular weight excluding hydrogens is 597 g/mol. The number of halogens is 1. The number of hydrogen-bond acceptors (Lipinski definition) is 8. The summed E-state index contributed by atoms with van der Waals surface area (Å²) in [4.78, 5) is 25.1. The van der Waals surface area contributed by atoms with Gasteiger partial charge in [-0.05, 0) is 75.2 Å². The highest BCUT2D eigenvalue weighted by Gasteiger charge is 2.27. The van der Waals surface area contributed by atoms with Crippen molar-refractivity contribution in [2.45, 2.75) is 57.9 Å². The molecule has 0 amide bonds. The molecule has 0 radical (unpaired) electrons. The highest BCUT2D eigenvalue weighted by Crippen LogP contribution is 2.33. The molecule has 2 aromatic carbocycles. The molecule has 11 heteroatoms. The SMILES string of the molecule is CC(=O)c1cc2c(cc1-c1cnn(C)c1)nc(CN1CCC(c3cccc(OCc4ccc(C#N)cc4F)n3)CC1)n2C[C@@H]1CCO1. The van der Waals surface area contributed by atoms with E-state index in [9.17, 15) is 9.18 Å². The number of rotatable bonds is 10. The number of fused-ring (bicyclic) bond motifs is 1. The Kier molecular flexibility index (Phi) is 8.54. The molecule has 240 valence electrons. The summed E-state index contributed by atoms with van der Waals surface area (Å²) >= 11 is 0. The average molecular weight is 634 g/mol. The number of pyridine rings is 1. The maximum absolute atomic E-state index is 14.3. The summed E-state index contributed by atoms with van der Waals surface area (Å²) in [5.41, 5.74) is 5.83. The summed E-state index contributed by atoms with van der Waals surface area (Å²) in [7, 11) is 1.87. The van der Waals surface area contributed by atoms with Crippen molar-refractivity contribution in [1.82, 2.24) is 29.2 Å². The lowest BCUT2D eigenvalue weighted by atomic mass is 9.93. The van der Waals surface area contributed by atoms with Crippen molar-refractivity contribution >= 4 is 16.8 Å². The van der Waals surface area contributed by atoms with Crippen molar-refractivity contribution in [1.29, 1.82) is 5.26 Å². The van der Waals surface area contributed by atoms with Gasteiger partial charge in [0.1, 0.15) is 18.2 Å². The van der Waals surface area contributed by atoms with Gasteiger partial charge in [-0.2, -0.15) is 10.4 Å². The first-order chi connectivity index (χ1) is 22.8. The van der Waals surface area contributed by atoms with E-state index in [1.807, 2.05) is 43.6 Å². The van der Waals surface area contributed by atoms with Gasteiger partial charge < -0.3 is 14.0 Å². The molecule has 10 nitrogen and oxygen atoms in total. The van der Waals surface area contributed by atoms with Gasteiger partial charge in [-0.3, -0.25) is 14.4 Å². The van der Waals surface area contributed by atoms with Crippen LogP contribution in [0.15, 0.2) is 60.9 Å². The number of hydrogen-bond donors (Lipinski definition) is 0. The van der Waals surface area contributed by atoms with Gasteiger partial charge in [0.15, 0.2) is 5.78 Å². The molecule has 2 saturated heterocycles. The molecule has 3 aromatic heterocycles. The van der Waals surface area contributed by atoms with Crippen LogP contribution in [0.25, 0.3) is 22.2 Å². The zero-order valence-corrected chi connectivity index (χ0v) is 26.5. The van der Waals surface area contributed by atoms with Crippen LogP contribution in [-0.4, -0.2) is 60.8 Å². The van der Waals surface area contributed by atoms with Gasteiger partial charge in [0.05, 0.1) is 48.1 Å². The Bertz CT molecular complexity index is 1980. The average Bonchev–Trinajstić information content (AvgIpc) is 3.64. The highest BCUT2D eigenvalue weighted by atomic mass is 19.1. The lowest BCUT2D eigenvalue weighted by Crippen LogP contribution is -2.35. The predicted molar refractivity (Wildman–Crippen MR) is 173 cm³/mol. The number of nitriles is 1. The number of aryl methyl sites for hydroxylation is 1. The van der Waals surface area contributed by atoms with Crippen molar-refractivity contribution in [3.63, 3.8) is 0 Å². The molecule has 2 aliphatic rings. The van der Waals surface area contributed by atoms with E-state index in [0.717, 1.165) is 72.6 Å². The van der Waals surface area contributed by atoms with Gasteiger partial charge in [-0.25, -0.2) is 14.4 Å². The molecule has 47 heavy (non-hydrogen) atoms. The van der Waals surface area contributed by atoms with Crippen LogP contribution >= 0.6 is 0 Å². The van der Waals surface area contributed by atoms with Crippen LogP contribution in [0.3, 0.4) is 0 Å². The number of likely N-dealkylation sites (tertiary alicyclic amines) is 1. The largest absolute Gasteiger partial charge is 0.473 e. The van der Waals surface area contributed by atoms with Crippen molar-refractivity contribution in [2.75, 3.05) is 19.7 Å². The number of aromatic nitrogens is 5. The maximum Gasteiger partial charge on any atom is 0.213 e. The van der Waals surface area contributed by atoms with E-state index >= 15 is 0 Å². The fourth-order valence-electron chi connectivity index (χ4n) is 6.48. The first-order valence-electron chi connectivity index (χ1n) is 16.0. The number of ketones is 1. The molecule has 0 aliphatic carbocycles. The highest BCUT2D eigenvalue weighted by molar-refractivity contribution is 6.04. The van der Waals surface area contributed by atoms with E-state index in [0.29, 0.717) is 30.1 Å². The fraction of sp³-hybridized carbons (Fsp3) is 0.361. The minimum atomic E-state index is -0.463. The molecular formula is C36H36FN7O3. The predicted octanol–water partition coefficient (Wildman–Crippen LogP) is 5.79. The number of ether oxygens (including phenoxy) is 2. The second-order valence-corrected chi connectivity index (χ2v) is 12.4. The Labute approximate surface area is 272 Å². The lowest BCUT2D eigenvalue weighted by molar-refractivity contribution is -0.0592. The summed E-state index contributed by atoms with van der Waals surface area (Å²) in [5.74, 6) is 1.25. The van der Waals surface area contributed by atoms with Crippen LogP contribution in [0.2, 0.25) is 0 Å². The smallest absolute Gasteiger partial charge is 0.213 e. The van der Waals surface area contributed by atoms with Gasteiger partial charge >= 0.3 is 0 Å². The molecule has 2 fully saturated rings. The zero-order valence-electron chi connectivity index (χ0n) is 26.5. The van der Waals surface area contributed by atoms with E-state index in [1.165, 1.54) is 6.07 Å². The van der Waals surface area contributed by atoms with E-state index in [2.05, 4.69) is 14.6 Å². The van der Waals surface area contributed by atoms with Crippen molar-refractivity contribution in [3.05, 3.63) is 95.0 Å². The number of Topliss-reactive ketones (excluding diaryl/α,β-unsaturated/α-hetero) is 1. The van der Waals surface area contributed by atoms with E-state index in [-0.39, 0.29) is 30.0 Å². The minimum Gasteiger partial charge on any atom is -0.473 e. The van der Waals surface area contributed by atoms with Crippen LogP contribution in [0.4, 0.5) is 4.39 Å². The molecule has 0 unspecified atom stereocenters. The Balaban J connectivity index is 1.06. The Hall–Kier alpha value is -4.92. The Morgan fingerprint density at radius 1 is 1.13 bits per heavy atom. The second-order valence-electron chi connectivity index (χ2n) is 12.4. The number of benzene rings is 2. The minimum absolute atomic E-state index is 0.00603. The summed E-state index contributed by atoms with van der Waals surface area (Å²) in [6.45, 7) is 5.59. The topological polar surface area (TPSA) is 111 Å². The first kappa shape index (κ1) is 30.7. The third kappa shape index (κ3) is 6.52. The number of piperidine rings is 1. The Morgan fingerprint density at radius 2 is 1.96 bits per heavy atom. The molecule has 0 bridgehead atoms. The van der Waals surface area contributed by atoms with E-state index in [4.69, 9.17) is 24.7 Å². The molecule has 0 saturated carbocycles. The third-order valence-electron chi connectivity index (χ3n) is 9.22. The van der Waals surface area contributed by atoms with E-state index < -0.39 is 5.82 Å². The second kappa shape index (κ2) is 13.1. The molecule has 1 atom stereocenters. The molecule has 5 heterocycles. The first-order valence-corrected chi connectivity index (χ1v) is 16.0. The Morgan fingerprint density at radius 3 is 2.64 bits per heavy atom. The number of carbonyl (C=O) groups is 1. The monoisotopic (exact) mass is 633 g/mol. The molecule has 0 spiro atoms. The van der Waals surface area contributed by atoms with Crippen LogP contribution in [0.5, 0.6) is 5.88 Å². The third-order valence-corrected chi connectivity index (χ3v) is 9.22. The van der Waals surface area contributed by atoms with Gasteiger partial charge in [0.25, 0.3) is 0 Å². The molecule has 0 N–H and O–H groups in total. The van der Waals surface area contributed by atoms with Crippen LogP contribution in [-0.2, 0) is 31.5 Å². The summed E-state index contributed by atoms with van der Waals surface area (Å²) in [6, 6.07) is 16.1. The van der Waals surface area contributed by atoms with Gasteiger partial charge in [-0.1, -0.05) is 12.1 Å². The molecule has 7 rings (SSSR count). The fourth-order valence-corrected chi connectivity index (χ4v) is 6.48. The molecule has 2 aliphatic heterocycles. The van der Waals surface area contributed by atoms with Crippen LogP contribution in [0.1, 0.15) is 65.1 Å². The van der Waals surface area contributed by atoms with Crippen LogP contribution in [0, 0.1) is 17.1 Å². The number of nitrogens with zero attached hydrogens (tertiary/aromatic N) is 7. The summed E-state index contributed by atoms with van der Waals surface area (Å²) in [5, 5.41) is 13.3. The van der Waals surface area contributed by atoms with E-state index in [1.54, 1.807) is 36.0 Å². The standard InChI is InChI=1S/C36H36FN7O3/c1-23(45)29-16-34-33(15-30(29)27-18-39-42(2)19-27)40-35(44(34)20-28-10-13-46-28)21-43-11-8-25(9-12-43)32-4-3-5-36(41-32)47-22-26-7-6-24(17-38)14-31(26)37/h3-7,14-16,18-19,25,28H,8-13,20-22H2,1-2H3/t28-/m0/s1. The summed E-state index contributed by atoms with van der Waals surface area (Å²) in [6.07, 6.45) is 6.73.